The minimum atomic E-state index is -4.02. The molecule has 4 rings (SSSR count). The number of amides is 2. The van der Waals surface area contributed by atoms with Crippen LogP contribution < -0.4 is 19.7 Å². The van der Waals surface area contributed by atoms with Gasteiger partial charge in [-0.3, -0.25) is 24.2 Å². The Labute approximate surface area is 195 Å². The number of anilines is 3. The first kappa shape index (κ1) is 22.6. The maximum Gasteiger partial charge on any atom is 0.261 e. The Morgan fingerprint density at radius 2 is 1.97 bits per heavy atom. The van der Waals surface area contributed by atoms with Gasteiger partial charge in [-0.2, -0.15) is 0 Å². The number of aromatic nitrogens is 1. The third-order valence-electron chi connectivity index (χ3n) is 4.81. The number of hydrogen-bond donors (Lipinski definition) is 2. The van der Waals surface area contributed by atoms with Crippen molar-refractivity contribution in [3.05, 3.63) is 71.5 Å². The van der Waals surface area contributed by atoms with Gasteiger partial charge in [-0.25, -0.2) is 8.42 Å². The average molecular weight is 487 g/mol. The first-order chi connectivity index (χ1) is 15.8. The molecule has 1 aliphatic heterocycles. The van der Waals surface area contributed by atoms with Gasteiger partial charge in [0.2, 0.25) is 5.91 Å². The molecule has 170 valence electrons. The zero-order valence-corrected chi connectivity index (χ0v) is 19.0. The quantitative estimate of drug-likeness (QED) is 0.550. The van der Waals surface area contributed by atoms with Crippen LogP contribution in [-0.4, -0.2) is 38.4 Å². The second kappa shape index (κ2) is 9.08. The number of nitrogens with one attached hydrogen (secondary N) is 2. The number of hydrogen-bond acceptors (Lipinski definition) is 6. The van der Waals surface area contributed by atoms with Crippen molar-refractivity contribution in [2.45, 2.75) is 11.8 Å². The molecule has 0 bridgehead atoms. The molecule has 33 heavy (non-hydrogen) atoms. The van der Waals surface area contributed by atoms with E-state index in [0.717, 1.165) is 0 Å². The molecule has 0 spiro atoms. The molecule has 2 N–H and O–H groups in total. The molecule has 3 aromatic rings. The van der Waals surface area contributed by atoms with Gasteiger partial charge in [-0.15, -0.1) is 0 Å². The van der Waals surface area contributed by atoms with E-state index in [1.807, 2.05) is 6.92 Å². The first-order valence-corrected chi connectivity index (χ1v) is 11.8. The number of halogens is 1. The van der Waals surface area contributed by atoms with Gasteiger partial charge in [0.1, 0.15) is 12.3 Å². The van der Waals surface area contributed by atoms with Gasteiger partial charge in [0.05, 0.1) is 39.7 Å². The Balaban J connectivity index is 1.64. The predicted molar refractivity (Wildman–Crippen MR) is 124 cm³/mol. The molecule has 1 aromatic heterocycles. The van der Waals surface area contributed by atoms with Gasteiger partial charge in [0.25, 0.3) is 15.9 Å². The standard InChI is InChI=1S/C22H19ClN4O5S/c1-2-32-15-5-3-14(4-6-15)26-33(30,31)16-7-8-18(23)17(11-16)22(29)27-13-21(28)25-19-12-24-10-9-20(19)27/h3-12,26H,2,13H2,1H3,(H,25,28). The highest BCUT2D eigenvalue weighted by Crippen LogP contribution is 2.31. The predicted octanol–water partition coefficient (Wildman–Crippen LogP) is 3.53. The van der Waals surface area contributed by atoms with Crippen LogP contribution in [0.5, 0.6) is 5.75 Å². The van der Waals surface area contributed by atoms with Crippen LogP contribution in [-0.2, 0) is 14.8 Å². The van der Waals surface area contributed by atoms with Gasteiger partial charge < -0.3 is 10.1 Å². The Kier molecular flexibility index (Phi) is 6.21. The summed E-state index contributed by atoms with van der Waals surface area (Å²) in [5.41, 5.74) is 1.09. The highest BCUT2D eigenvalue weighted by Gasteiger charge is 2.30. The van der Waals surface area contributed by atoms with Crippen LogP contribution in [0.2, 0.25) is 5.02 Å². The molecule has 0 aliphatic carbocycles. The molecule has 0 fully saturated rings. The summed E-state index contributed by atoms with van der Waals surface area (Å²) in [6, 6.07) is 11.8. The molecule has 0 saturated carbocycles. The van der Waals surface area contributed by atoms with E-state index in [4.69, 9.17) is 16.3 Å². The van der Waals surface area contributed by atoms with Crippen molar-refractivity contribution in [2.75, 3.05) is 28.1 Å². The summed E-state index contributed by atoms with van der Waals surface area (Å²) in [5, 5.41) is 2.70. The zero-order valence-electron chi connectivity index (χ0n) is 17.4. The number of carbonyl (C=O) groups excluding carboxylic acids is 2. The Hall–Kier alpha value is -3.63. The Bertz CT molecular complexity index is 1330. The topological polar surface area (TPSA) is 118 Å². The fourth-order valence-electron chi connectivity index (χ4n) is 3.30. The third-order valence-corrected chi connectivity index (χ3v) is 6.51. The molecule has 0 saturated heterocycles. The lowest BCUT2D eigenvalue weighted by atomic mass is 10.1. The van der Waals surface area contributed by atoms with Crippen LogP contribution in [0, 0.1) is 0 Å². The molecule has 2 heterocycles. The summed E-state index contributed by atoms with van der Waals surface area (Å²) in [6.07, 6.45) is 2.91. The van der Waals surface area contributed by atoms with Crippen LogP contribution >= 0.6 is 11.6 Å². The van der Waals surface area contributed by atoms with Gasteiger partial charge in [-0.05, 0) is 55.5 Å². The maximum absolute atomic E-state index is 13.3. The largest absolute Gasteiger partial charge is 0.494 e. The zero-order chi connectivity index (χ0) is 23.6. The van der Waals surface area contributed by atoms with Crippen LogP contribution in [0.25, 0.3) is 0 Å². The van der Waals surface area contributed by atoms with Crippen molar-refractivity contribution in [1.29, 1.82) is 0 Å². The minimum absolute atomic E-state index is 0.0521. The van der Waals surface area contributed by atoms with E-state index in [2.05, 4.69) is 15.0 Å². The summed E-state index contributed by atoms with van der Waals surface area (Å²) in [7, 11) is -4.02. The number of rotatable bonds is 6. The lowest BCUT2D eigenvalue weighted by Crippen LogP contribution is -2.42. The van der Waals surface area contributed by atoms with Crippen LogP contribution in [0.1, 0.15) is 17.3 Å². The average Bonchev–Trinajstić information content (AvgIpc) is 2.79. The molecular weight excluding hydrogens is 468 g/mol. The van der Waals surface area contributed by atoms with Crippen molar-refractivity contribution in [3.8, 4) is 5.75 Å². The smallest absolute Gasteiger partial charge is 0.261 e. The molecular formula is C22H19ClN4O5S. The molecule has 0 atom stereocenters. The maximum atomic E-state index is 13.3. The van der Waals surface area contributed by atoms with Crippen molar-refractivity contribution < 1.29 is 22.7 Å². The number of sulfonamides is 1. The van der Waals surface area contributed by atoms with E-state index in [1.54, 1.807) is 30.3 Å². The van der Waals surface area contributed by atoms with Gasteiger partial charge >= 0.3 is 0 Å². The number of benzene rings is 2. The molecule has 2 amide bonds. The normalized spacial score (nSPS) is 13.2. The lowest BCUT2D eigenvalue weighted by molar-refractivity contribution is -0.115. The van der Waals surface area contributed by atoms with E-state index in [1.165, 1.54) is 35.5 Å². The highest BCUT2D eigenvalue weighted by atomic mass is 35.5. The minimum Gasteiger partial charge on any atom is -0.494 e. The van der Waals surface area contributed by atoms with Crippen LogP contribution in [0.3, 0.4) is 0 Å². The molecule has 0 unspecified atom stereocenters. The van der Waals surface area contributed by atoms with Crippen LogP contribution in [0.4, 0.5) is 17.1 Å². The summed E-state index contributed by atoms with van der Waals surface area (Å²) in [4.78, 5) is 30.4. The molecule has 0 radical (unpaired) electrons. The number of carbonyl (C=O) groups is 2. The van der Waals surface area contributed by atoms with Crippen molar-refractivity contribution in [2.24, 2.45) is 0 Å². The Morgan fingerprint density at radius 3 is 2.70 bits per heavy atom. The lowest BCUT2D eigenvalue weighted by Gasteiger charge is -2.29. The number of fused-ring (bicyclic) bond motifs is 1. The Morgan fingerprint density at radius 1 is 1.21 bits per heavy atom. The van der Waals surface area contributed by atoms with E-state index in [9.17, 15) is 18.0 Å². The second-order valence-electron chi connectivity index (χ2n) is 7.04. The van der Waals surface area contributed by atoms with E-state index in [-0.39, 0.29) is 22.0 Å². The van der Waals surface area contributed by atoms with E-state index < -0.39 is 21.8 Å². The van der Waals surface area contributed by atoms with Crippen LogP contribution in [0.15, 0.2) is 65.8 Å². The SMILES string of the molecule is CCOc1ccc(NS(=O)(=O)c2ccc(Cl)c(C(=O)N3CC(=O)Nc4cnccc43)c2)cc1. The number of pyridine rings is 1. The molecule has 11 heteroatoms. The van der Waals surface area contributed by atoms with Crippen molar-refractivity contribution >= 4 is 50.5 Å². The van der Waals surface area contributed by atoms with Gasteiger partial charge in [0.15, 0.2) is 0 Å². The molecule has 9 nitrogen and oxygen atoms in total. The van der Waals surface area contributed by atoms with Gasteiger partial charge in [0, 0.05) is 11.9 Å². The summed E-state index contributed by atoms with van der Waals surface area (Å²) >= 11 is 6.24. The van der Waals surface area contributed by atoms with E-state index in [0.29, 0.717) is 29.4 Å². The summed E-state index contributed by atoms with van der Waals surface area (Å²) in [6.45, 7) is 2.10. The summed E-state index contributed by atoms with van der Waals surface area (Å²) < 4.78 is 33.7. The molecule has 2 aromatic carbocycles. The first-order valence-electron chi connectivity index (χ1n) is 9.89. The fraction of sp³-hybridized carbons (Fsp3) is 0.136. The second-order valence-corrected chi connectivity index (χ2v) is 9.13. The van der Waals surface area contributed by atoms with Crippen molar-refractivity contribution in [3.63, 3.8) is 0 Å². The highest BCUT2D eigenvalue weighted by molar-refractivity contribution is 7.92. The van der Waals surface area contributed by atoms with Gasteiger partial charge in [-0.1, -0.05) is 11.6 Å². The van der Waals surface area contributed by atoms with E-state index >= 15 is 0 Å². The molecule has 1 aliphatic rings. The fourth-order valence-corrected chi connectivity index (χ4v) is 4.58. The summed E-state index contributed by atoms with van der Waals surface area (Å²) in [5.74, 6) is -0.401. The number of nitrogens with zero attached hydrogens (tertiary/aromatic N) is 2. The van der Waals surface area contributed by atoms with Crippen molar-refractivity contribution in [1.82, 2.24) is 4.98 Å². The number of ether oxygens (including phenoxy) is 1. The third kappa shape index (κ3) is 4.76. The monoisotopic (exact) mass is 486 g/mol.